The molecular formula is C14H17NO5. The van der Waals surface area contributed by atoms with Crippen LogP contribution in [0.2, 0.25) is 0 Å². The molecule has 0 fully saturated rings. The minimum atomic E-state index is -1.97. The third-order valence-electron chi connectivity index (χ3n) is 3.34. The Morgan fingerprint density at radius 3 is 2.85 bits per heavy atom. The first-order chi connectivity index (χ1) is 9.42. The maximum absolute atomic E-state index is 12.2. The smallest absolute Gasteiger partial charge is 0.337 e. The van der Waals surface area contributed by atoms with Gasteiger partial charge in [0.2, 0.25) is 5.91 Å². The second-order valence-corrected chi connectivity index (χ2v) is 5.02. The Morgan fingerprint density at radius 1 is 1.45 bits per heavy atom. The van der Waals surface area contributed by atoms with E-state index in [0.29, 0.717) is 18.8 Å². The number of carboxylic acid groups (broad SMARTS) is 1. The number of amides is 1. The summed E-state index contributed by atoms with van der Waals surface area (Å²) in [6.45, 7) is 1.25. The molecule has 0 spiro atoms. The molecule has 1 heterocycles. The Kier molecular flexibility index (Phi) is 3.94. The van der Waals surface area contributed by atoms with E-state index in [1.54, 1.807) is 6.07 Å². The van der Waals surface area contributed by atoms with Gasteiger partial charge in [-0.05, 0) is 19.4 Å². The van der Waals surface area contributed by atoms with Gasteiger partial charge in [0.05, 0.1) is 19.1 Å². The summed E-state index contributed by atoms with van der Waals surface area (Å²) in [5.41, 5.74) is -1.19. The van der Waals surface area contributed by atoms with Crippen LogP contribution >= 0.6 is 0 Å². The summed E-state index contributed by atoms with van der Waals surface area (Å²) in [7, 11) is 0. The van der Waals surface area contributed by atoms with Crippen molar-refractivity contribution in [2.24, 2.45) is 0 Å². The Morgan fingerprint density at radius 2 is 2.15 bits per heavy atom. The van der Waals surface area contributed by atoms with E-state index in [9.17, 15) is 14.7 Å². The average molecular weight is 279 g/mol. The summed E-state index contributed by atoms with van der Waals surface area (Å²) in [4.78, 5) is 22.9. The van der Waals surface area contributed by atoms with Crippen LogP contribution in [-0.2, 0) is 9.59 Å². The van der Waals surface area contributed by atoms with Gasteiger partial charge in [-0.15, -0.1) is 0 Å². The zero-order valence-corrected chi connectivity index (χ0v) is 11.1. The first-order valence-corrected chi connectivity index (χ1v) is 6.37. The highest BCUT2D eigenvalue weighted by Gasteiger charge is 2.33. The number of fused-ring (bicyclic) bond motifs is 1. The van der Waals surface area contributed by atoms with Crippen LogP contribution in [0, 0.1) is 0 Å². The largest absolute Gasteiger partial charge is 0.493 e. The summed E-state index contributed by atoms with van der Waals surface area (Å²) in [5.74, 6) is -1.39. The highest BCUT2D eigenvalue weighted by molar-refractivity contribution is 5.86. The lowest BCUT2D eigenvalue weighted by molar-refractivity contribution is -0.156. The summed E-state index contributed by atoms with van der Waals surface area (Å²) in [6.07, 6.45) is 0.526. The topological polar surface area (TPSA) is 95.9 Å². The highest BCUT2D eigenvalue weighted by atomic mass is 16.5. The number of nitrogens with one attached hydrogen (secondary N) is 1. The fraction of sp³-hybridized carbons (Fsp3) is 0.429. The molecule has 6 nitrogen and oxygen atoms in total. The number of aliphatic carboxylic acids is 1. The summed E-state index contributed by atoms with van der Waals surface area (Å²) in [5, 5.41) is 20.9. The van der Waals surface area contributed by atoms with E-state index in [0.717, 1.165) is 12.5 Å². The predicted octanol–water partition coefficient (Wildman–Crippen LogP) is 0.504. The van der Waals surface area contributed by atoms with Crippen molar-refractivity contribution >= 4 is 11.9 Å². The van der Waals surface area contributed by atoms with Crippen LogP contribution in [0.4, 0.5) is 0 Å². The maximum Gasteiger partial charge on any atom is 0.337 e. The number of carbonyl (C=O) groups is 2. The fourth-order valence-electron chi connectivity index (χ4n) is 2.07. The number of benzene rings is 1. The second kappa shape index (κ2) is 5.50. The third-order valence-corrected chi connectivity index (χ3v) is 3.34. The monoisotopic (exact) mass is 279 g/mol. The molecule has 0 saturated heterocycles. The minimum absolute atomic E-state index is 0.303. The zero-order chi connectivity index (χ0) is 14.8. The molecule has 2 atom stereocenters. The molecule has 2 rings (SSSR count). The molecule has 0 aromatic heterocycles. The zero-order valence-electron chi connectivity index (χ0n) is 11.1. The molecule has 0 aliphatic carbocycles. The summed E-state index contributed by atoms with van der Waals surface area (Å²) >= 11 is 0. The fourth-order valence-corrected chi connectivity index (χ4v) is 2.07. The van der Waals surface area contributed by atoms with Gasteiger partial charge in [0.1, 0.15) is 5.75 Å². The third kappa shape index (κ3) is 2.91. The first-order valence-electron chi connectivity index (χ1n) is 6.37. The van der Waals surface area contributed by atoms with Crippen LogP contribution in [0.15, 0.2) is 24.3 Å². The van der Waals surface area contributed by atoms with Gasteiger partial charge in [-0.2, -0.15) is 0 Å². The first kappa shape index (κ1) is 14.3. The molecule has 3 N–H and O–H groups in total. The van der Waals surface area contributed by atoms with Crippen molar-refractivity contribution in [1.82, 2.24) is 5.32 Å². The number of para-hydroxylation sites is 1. The average Bonchev–Trinajstić information content (AvgIpc) is 2.44. The van der Waals surface area contributed by atoms with E-state index in [4.69, 9.17) is 9.84 Å². The number of carbonyl (C=O) groups excluding carboxylic acids is 1. The van der Waals surface area contributed by atoms with Gasteiger partial charge in [0.25, 0.3) is 0 Å². The molecule has 20 heavy (non-hydrogen) atoms. The molecule has 6 heteroatoms. The Balaban J connectivity index is 2.06. The second-order valence-electron chi connectivity index (χ2n) is 5.02. The van der Waals surface area contributed by atoms with Gasteiger partial charge in [-0.3, -0.25) is 4.79 Å². The molecule has 0 saturated carbocycles. The molecule has 1 aromatic rings. The van der Waals surface area contributed by atoms with E-state index in [1.165, 1.54) is 0 Å². The lowest BCUT2D eigenvalue weighted by Crippen LogP contribution is -2.47. The van der Waals surface area contributed by atoms with Crippen molar-refractivity contribution in [1.29, 1.82) is 0 Å². The van der Waals surface area contributed by atoms with Gasteiger partial charge < -0.3 is 20.3 Å². The quantitative estimate of drug-likeness (QED) is 0.746. The number of hydrogen-bond acceptors (Lipinski definition) is 4. The molecule has 1 aliphatic rings. The van der Waals surface area contributed by atoms with Gasteiger partial charge in [-0.25, -0.2) is 4.79 Å². The molecule has 0 bridgehead atoms. The molecule has 1 aliphatic heterocycles. The van der Waals surface area contributed by atoms with Crippen molar-refractivity contribution in [3.05, 3.63) is 29.8 Å². The Bertz CT molecular complexity index is 526. The van der Waals surface area contributed by atoms with Gasteiger partial charge in [0.15, 0.2) is 5.60 Å². The maximum atomic E-state index is 12.2. The number of hydrogen-bond donors (Lipinski definition) is 3. The van der Waals surface area contributed by atoms with E-state index in [2.05, 4.69) is 5.32 Å². The summed E-state index contributed by atoms with van der Waals surface area (Å²) < 4.78 is 5.46. The SMILES string of the molecule is CC(O)(CNC(=O)C1CCOc2ccccc21)C(=O)O. The van der Waals surface area contributed by atoms with E-state index >= 15 is 0 Å². The van der Waals surface area contributed by atoms with Crippen molar-refractivity contribution in [3.63, 3.8) is 0 Å². The van der Waals surface area contributed by atoms with Crippen molar-refractivity contribution in [3.8, 4) is 5.75 Å². The molecular weight excluding hydrogens is 262 g/mol. The van der Waals surface area contributed by atoms with E-state index < -0.39 is 11.6 Å². The number of carboxylic acids is 1. The molecule has 2 unspecified atom stereocenters. The van der Waals surface area contributed by atoms with Crippen molar-refractivity contribution in [2.75, 3.05) is 13.2 Å². The standard InChI is InChI=1S/C14H17NO5/c1-14(19,13(17)18)8-15-12(16)10-6-7-20-11-5-3-2-4-9(10)11/h2-5,10,19H,6-8H2,1H3,(H,15,16)(H,17,18). The Hall–Kier alpha value is -2.08. The van der Waals surface area contributed by atoms with Crippen LogP contribution in [0.1, 0.15) is 24.8 Å². The molecule has 0 radical (unpaired) electrons. The summed E-state index contributed by atoms with van der Waals surface area (Å²) in [6, 6.07) is 7.26. The van der Waals surface area contributed by atoms with E-state index in [1.807, 2.05) is 18.2 Å². The van der Waals surface area contributed by atoms with Crippen molar-refractivity contribution < 1.29 is 24.5 Å². The van der Waals surface area contributed by atoms with Crippen LogP contribution in [0.5, 0.6) is 5.75 Å². The number of rotatable bonds is 4. The Labute approximate surface area is 116 Å². The lowest BCUT2D eigenvalue weighted by Gasteiger charge is -2.26. The highest BCUT2D eigenvalue weighted by Crippen LogP contribution is 2.33. The predicted molar refractivity (Wildman–Crippen MR) is 70.6 cm³/mol. The molecule has 1 amide bonds. The van der Waals surface area contributed by atoms with Crippen LogP contribution in [-0.4, -0.2) is 40.8 Å². The molecule has 1 aromatic carbocycles. The van der Waals surface area contributed by atoms with Gasteiger partial charge in [0, 0.05) is 5.56 Å². The van der Waals surface area contributed by atoms with E-state index in [-0.39, 0.29) is 18.4 Å². The van der Waals surface area contributed by atoms with Gasteiger partial charge in [-0.1, -0.05) is 18.2 Å². The van der Waals surface area contributed by atoms with Crippen LogP contribution < -0.4 is 10.1 Å². The normalized spacial score (nSPS) is 20.2. The number of ether oxygens (including phenoxy) is 1. The van der Waals surface area contributed by atoms with Crippen molar-refractivity contribution in [2.45, 2.75) is 24.9 Å². The van der Waals surface area contributed by atoms with Crippen LogP contribution in [0.25, 0.3) is 0 Å². The lowest BCUT2D eigenvalue weighted by atomic mass is 9.92. The molecule has 108 valence electrons. The van der Waals surface area contributed by atoms with Crippen LogP contribution in [0.3, 0.4) is 0 Å². The minimum Gasteiger partial charge on any atom is -0.493 e. The number of aliphatic hydroxyl groups is 1. The van der Waals surface area contributed by atoms with Gasteiger partial charge >= 0.3 is 5.97 Å².